The zero-order chi connectivity index (χ0) is 23.1. The predicted octanol–water partition coefficient (Wildman–Crippen LogP) is 3.45. The van der Waals surface area contributed by atoms with Gasteiger partial charge in [-0.1, -0.05) is 48.5 Å². The lowest BCUT2D eigenvalue weighted by Gasteiger charge is -2.16. The Labute approximate surface area is 188 Å². The minimum absolute atomic E-state index is 0.0655. The first-order valence-electron chi connectivity index (χ1n) is 9.96. The molecular weight excluding hydrogens is 428 g/mol. The molecule has 3 rings (SSSR count). The minimum Gasteiger partial charge on any atom is -0.495 e. The molecule has 0 aliphatic rings. The first-order valence-corrected chi connectivity index (χ1v) is 11.4. The van der Waals surface area contributed by atoms with Crippen molar-refractivity contribution in [3.63, 3.8) is 0 Å². The van der Waals surface area contributed by atoms with Crippen molar-refractivity contribution in [2.75, 3.05) is 21.2 Å². The van der Waals surface area contributed by atoms with Crippen LogP contribution >= 0.6 is 0 Å². The molecule has 0 spiro atoms. The number of ether oxygens (including phenoxy) is 2. The molecule has 1 N–H and O–H groups in total. The molecule has 0 bridgehead atoms. The second-order valence-corrected chi connectivity index (χ2v) is 9.34. The van der Waals surface area contributed by atoms with Gasteiger partial charge < -0.3 is 14.8 Å². The molecule has 0 atom stereocenters. The molecule has 168 valence electrons. The molecule has 0 aliphatic carbocycles. The molecule has 0 saturated heterocycles. The summed E-state index contributed by atoms with van der Waals surface area (Å²) in [6.07, 6.45) is 0. The van der Waals surface area contributed by atoms with E-state index < -0.39 is 15.9 Å². The average molecular weight is 455 g/mol. The number of nitrogens with one attached hydrogen (secondary N) is 1. The lowest BCUT2D eigenvalue weighted by molar-refractivity contribution is 0.0950. The van der Waals surface area contributed by atoms with Gasteiger partial charge in [0, 0.05) is 31.8 Å². The van der Waals surface area contributed by atoms with Crippen LogP contribution in [-0.2, 0) is 23.2 Å². The highest BCUT2D eigenvalue weighted by Gasteiger charge is 2.24. The number of para-hydroxylation sites is 1. The van der Waals surface area contributed by atoms with Crippen molar-refractivity contribution in [3.8, 4) is 11.5 Å². The van der Waals surface area contributed by atoms with Crippen LogP contribution in [0.2, 0.25) is 0 Å². The van der Waals surface area contributed by atoms with Gasteiger partial charge in [-0.25, -0.2) is 12.7 Å². The molecular formula is C24H26N2O5S. The monoisotopic (exact) mass is 454 g/mol. The van der Waals surface area contributed by atoms with Gasteiger partial charge in [-0.2, -0.15) is 0 Å². The number of hydrogen-bond donors (Lipinski definition) is 1. The van der Waals surface area contributed by atoms with E-state index in [0.29, 0.717) is 12.4 Å². The maximum atomic E-state index is 12.8. The summed E-state index contributed by atoms with van der Waals surface area (Å²) in [5.41, 5.74) is 2.07. The van der Waals surface area contributed by atoms with Gasteiger partial charge in [0.1, 0.15) is 23.0 Å². The summed E-state index contributed by atoms with van der Waals surface area (Å²) in [6.45, 7) is 0.641. The van der Waals surface area contributed by atoms with Crippen molar-refractivity contribution in [3.05, 3.63) is 89.5 Å². The summed E-state index contributed by atoms with van der Waals surface area (Å²) < 4.78 is 37.4. The predicted molar refractivity (Wildman–Crippen MR) is 122 cm³/mol. The lowest BCUT2D eigenvalue weighted by Crippen LogP contribution is -2.25. The van der Waals surface area contributed by atoms with E-state index in [0.717, 1.165) is 15.4 Å². The normalized spacial score (nSPS) is 11.2. The maximum absolute atomic E-state index is 12.8. The van der Waals surface area contributed by atoms with Crippen molar-refractivity contribution < 1.29 is 22.7 Å². The molecule has 32 heavy (non-hydrogen) atoms. The first-order chi connectivity index (χ1) is 15.3. The third-order valence-electron chi connectivity index (χ3n) is 4.83. The summed E-state index contributed by atoms with van der Waals surface area (Å²) in [5, 5.41) is 2.83. The van der Waals surface area contributed by atoms with Crippen molar-refractivity contribution in [2.24, 2.45) is 0 Å². The lowest BCUT2D eigenvalue weighted by atomic mass is 10.1. The third kappa shape index (κ3) is 5.46. The van der Waals surface area contributed by atoms with Crippen LogP contribution in [-0.4, -0.2) is 39.8 Å². The van der Waals surface area contributed by atoms with Crippen molar-refractivity contribution in [1.29, 1.82) is 0 Å². The Balaban J connectivity index is 1.74. The summed E-state index contributed by atoms with van der Waals surface area (Å²) in [6, 6.07) is 21.6. The number of hydrogen-bond acceptors (Lipinski definition) is 5. The molecule has 0 saturated carbocycles. The van der Waals surface area contributed by atoms with E-state index in [1.807, 2.05) is 54.6 Å². The van der Waals surface area contributed by atoms with Crippen LogP contribution in [0.5, 0.6) is 11.5 Å². The first kappa shape index (κ1) is 23.3. The summed E-state index contributed by atoms with van der Waals surface area (Å²) in [4.78, 5) is 12.7. The highest BCUT2D eigenvalue weighted by atomic mass is 32.2. The standard InChI is InChI=1S/C24H26N2O5S/c1-26(2)32(28,29)23-15-19(13-14-22(23)30-3)24(27)25-16-20-11-7-8-12-21(20)31-17-18-9-5-4-6-10-18/h4-15H,16-17H2,1-3H3,(H,25,27). The largest absolute Gasteiger partial charge is 0.495 e. The van der Waals surface area contributed by atoms with E-state index in [9.17, 15) is 13.2 Å². The maximum Gasteiger partial charge on any atom is 0.251 e. The minimum atomic E-state index is -3.77. The van der Waals surface area contributed by atoms with Crippen LogP contribution in [0.25, 0.3) is 0 Å². The molecule has 8 heteroatoms. The highest BCUT2D eigenvalue weighted by molar-refractivity contribution is 7.89. The fourth-order valence-electron chi connectivity index (χ4n) is 3.02. The molecule has 3 aromatic rings. The molecule has 0 aromatic heterocycles. The van der Waals surface area contributed by atoms with Crippen LogP contribution in [0.15, 0.2) is 77.7 Å². The van der Waals surface area contributed by atoms with E-state index in [2.05, 4.69) is 5.32 Å². The van der Waals surface area contributed by atoms with Gasteiger partial charge in [0.15, 0.2) is 0 Å². The summed E-state index contributed by atoms with van der Waals surface area (Å²) in [5.74, 6) is 0.442. The zero-order valence-electron chi connectivity index (χ0n) is 18.2. The van der Waals surface area contributed by atoms with E-state index in [1.54, 1.807) is 0 Å². The number of carbonyl (C=O) groups excluding carboxylic acids is 1. The van der Waals surface area contributed by atoms with E-state index >= 15 is 0 Å². The fraction of sp³-hybridized carbons (Fsp3) is 0.208. The van der Waals surface area contributed by atoms with Gasteiger partial charge in [-0.15, -0.1) is 0 Å². The van der Waals surface area contributed by atoms with Gasteiger partial charge in [0.05, 0.1) is 7.11 Å². The number of sulfonamides is 1. The Morgan fingerprint density at radius 3 is 2.31 bits per heavy atom. The van der Waals surface area contributed by atoms with Crippen LogP contribution in [0, 0.1) is 0 Å². The molecule has 0 aliphatic heterocycles. The van der Waals surface area contributed by atoms with Gasteiger partial charge in [0.2, 0.25) is 10.0 Å². The topological polar surface area (TPSA) is 84.9 Å². The number of methoxy groups -OCH3 is 1. The van der Waals surface area contributed by atoms with Gasteiger partial charge in [-0.3, -0.25) is 4.79 Å². The van der Waals surface area contributed by atoms with Crippen LogP contribution in [0.4, 0.5) is 0 Å². The van der Waals surface area contributed by atoms with E-state index in [-0.39, 0.29) is 22.8 Å². The Hall–Kier alpha value is -3.36. The molecule has 3 aromatic carbocycles. The molecule has 7 nitrogen and oxygen atoms in total. The Morgan fingerprint density at radius 2 is 1.62 bits per heavy atom. The smallest absolute Gasteiger partial charge is 0.251 e. The van der Waals surface area contributed by atoms with E-state index in [4.69, 9.17) is 9.47 Å². The number of amides is 1. The fourth-order valence-corrected chi connectivity index (χ4v) is 4.09. The van der Waals surface area contributed by atoms with Gasteiger partial charge >= 0.3 is 0 Å². The molecule has 0 unspecified atom stereocenters. The molecule has 1 amide bonds. The van der Waals surface area contributed by atoms with Crippen molar-refractivity contribution in [1.82, 2.24) is 9.62 Å². The van der Waals surface area contributed by atoms with Crippen LogP contribution < -0.4 is 14.8 Å². The number of carbonyl (C=O) groups is 1. The van der Waals surface area contributed by atoms with Gasteiger partial charge in [0.25, 0.3) is 5.91 Å². The molecule has 0 radical (unpaired) electrons. The zero-order valence-corrected chi connectivity index (χ0v) is 19.1. The highest BCUT2D eigenvalue weighted by Crippen LogP contribution is 2.27. The van der Waals surface area contributed by atoms with E-state index in [1.165, 1.54) is 39.4 Å². The second-order valence-electron chi connectivity index (χ2n) is 7.22. The van der Waals surface area contributed by atoms with Crippen molar-refractivity contribution in [2.45, 2.75) is 18.0 Å². The van der Waals surface area contributed by atoms with Crippen LogP contribution in [0.3, 0.4) is 0 Å². The Morgan fingerprint density at radius 1 is 0.938 bits per heavy atom. The van der Waals surface area contributed by atoms with Gasteiger partial charge in [-0.05, 0) is 29.8 Å². The summed E-state index contributed by atoms with van der Waals surface area (Å²) >= 11 is 0. The Kier molecular flexibility index (Phi) is 7.50. The third-order valence-corrected chi connectivity index (χ3v) is 6.67. The quantitative estimate of drug-likeness (QED) is 0.535. The second kappa shape index (κ2) is 10.3. The molecule has 0 fully saturated rings. The SMILES string of the molecule is COc1ccc(C(=O)NCc2ccccc2OCc2ccccc2)cc1S(=O)(=O)N(C)C. The molecule has 0 heterocycles. The van der Waals surface area contributed by atoms with Crippen LogP contribution in [0.1, 0.15) is 21.5 Å². The average Bonchev–Trinajstić information content (AvgIpc) is 2.81. The Bertz CT molecular complexity index is 1180. The number of nitrogens with zero attached hydrogens (tertiary/aromatic N) is 1. The van der Waals surface area contributed by atoms with Crippen molar-refractivity contribution >= 4 is 15.9 Å². The number of benzene rings is 3. The number of rotatable bonds is 9. The summed E-state index contributed by atoms with van der Waals surface area (Å²) in [7, 11) is 0.459.